The zero-order valence-corrected chi connectivity index (χ0v) is 7.53. The Morgan fingerprint density at radius 2 is 2.23 bits per heavy atom. The number of hydrogen-bond acceptors (Lipinski definition) is 4. The summed E-state index contributed by atoms with van der Waals surface area (Å²) in [6.07, 6.45) is 0. The van der Waals surface area contributed by atoms with Crippen LogP contribution in [0, 0.1) is 0 Å². The molecule has 13 heavy (non-hydrogen) atoms. The van der Waals surface area contributed by atoms with E-state index in [4.69, 9.17) is 5.73 Å². The van der Waals surface area contributed by atoms with E-state index in [1.165, 1.54) is 4.57 Å². The smallest absolute Gasteiger partial charge is 0.327 e. The van der Waals surface area contributed by atoms with E-state index in [1.807, 2.05) is 11.9 Å². The molecule has 2 heterocycles. The first-order valence-electron chi connectivity index (χ1n) is 3.91. The average molecular weight is 181 g/mol. The van der Waals surface area contributed by atoms with E-state index in [2.05, 4.69) is 9.98 Å². The monoisotopic (exact) mass is 181 g/mol. The SMILES string of the molecule is CN1CN=C(N)c2[nH]c(=O)n(C)c21. The Labute approximate surface area is 74.7 Å². The van der Waals surface area contributed by atoms with Crippen molar-refractivity contribution in [2.45, 2.75) is 0 Å². The highest BCUT2D eigenvalue weighted by Crippen LogP contribution is 2.17. The Bertz CT molecular complexity index is 427. The normalized spacial score (nSPS) is 15.5. The third-order valence-electron chi connectivity index (χ3n) is 2.15. The van der Waals surface area contributed by atoms with Crippen molar-refractivity contribution in [3.63, 3.8) is 0 Å². The summed E-state index contributed by atoms with van der Waals surface area (Å²) in [6.45, 7) is 0.490. The molecule has 0 spiro atoms. The third-order valence-corrected chi connectivity index (χ3v) is 2.15. The number of rotatable bonds is 0. The van der Waals surface area contributed by atoms with E-state index in [-0.39, 0.29) is 5.69 Å². The second kappa shape index (κ2) is 2.38. The van der Waals surface area contributed by atoms with Gasteiger partial charge >= 0.3 is 5.69 Å². The van der Waals surface area contributed by atoms with Gasteiger partial charge in [-0.3, -0.25) is 4.57 Å². The lowest BCUT2D eigenvalue weighted by Gasteiger charge is -2.22. The van der Waals surface area contributed by atoms with Gasteiger partial charge in [-0.15, -0.1) is 0 Å². The molecule has 0 atom stereocenters. The second-order valence-corrected chi connectivity index (χ2v) is 3.07. The number of nitrogens with zero attached hydrogens (tertiary/aromatic N) is 3. The van der Waals surface area contributed by atoms with E-state index in [0.29, 0.717) is 18.2 Å². The first kappa shape index (κ1) is 7.90. The summed E-state index contributed by atoms with van der Waals surface area (Å²) >= 11 is 0. The Morgan fingerprint density at radius 1 is 1.54 bits per heavy atom. The minimum atomic E-state index is -0.170. The molecule has 2 rings (SSSR count). The van der Waals surface area contributed by atoms with Crippen LogP contribution in [-0.2, 0) is 7.05 Å². The highest BCUT2D eigenvalue weighted by atomic mass is 16.1. The standard InChI is InChI=1S/C7H11N5O/c1-11-3-9-5(8)4-6(11)12(2)7(13)10-4/h3H2,1-2H3,(H2,8,9)(H,10,13). The molecule has 1 aromatic heterocycles. The van der Waals surface area contributed by atoms with E-state index < -0.39 is 0 Å². The summed E-state index contributed by atoms with van der Waals surface area (Å²) in [5, 5.41) is 0. The average Bonchev–Trinajstić information content (AvgIpc) is 2.38. The summed E-state index contributed by atoms with van der Waals surface area (Å²) in [7, 11) is 3.56. The lowest BCUT2D eigenvalue weighted by Crippen LogP contribution is -2.30. The fourth-order valence-corrected chi connectivity index (χ4v) is 1.46. The summed E-state index contributed by atoms with van der Waals surface area (Å²) in [5.41, 5.74) is 6.07. The van der Waals surface area contributed by atoms with E-state index in [9.17, 15) is 4.79 Å². The largest absolute Gasteiger partial charge is 0.382 e. The second-order valence-electron chi connectivity index (χ2n) is 3.07. The first-order chi connectivity index (χ1) is 6.11. The van der Waals surface area contributed by atoms with Crippen molar-refractivity contribution >= 4 is 11.7 Å². The number of imidazole rings is 1. The molecular weight excluding hydrogens is 170 g/mol. The molecule has 0 radical (unpaired) electrons. The van der Waals surface area contributed by atoms with Gasteiger partial charge in [0.2, 0.25) is 0 Å². The van der Waals surface area contributed by atoms with Crippen molar-refractivity contribution in [3.05, 3.63) is 16.2 Å². The van der Waals surface area contributed by atoms with Gasteiger partial charge in [0.15, 0.2) is 0 Å². The predicted octanol–water partition coefficient (Wildman–Crippen LogP) is -1.17. The number of fused-ring (bicyclic) bond motifs is 1. The number of anilines is 1. The summed E-state index contributed by atoms with van der Waals surface area (Å²) in [4.78, 5) is 19.8. The summed E-state index contributed by atoms with van der Waals surface area (Å²) in [5.74, 6) is 1.18. The van der Waals surface area contributed by atoms with Gasteiger partial charge in [-0.2, -0.15) is 0 Å². The quantitative estimate of drug-likeness (QED) is 0.529. The Hall–Kier alpha value is -1.72. The lowest BCUT2D eigenvalue weighted by atomic mass is 10.3. The van der Waals surface area contributed by atoms with Crippen LogP contribution in [0.1, 0.15) is 5.69 Å². The molecule has 0 saturated heterocycles. The van der Waals surface area contributed by atoms with Gasteiger partial charge in [-0.1, -0.05) is 0 Å². The Morgan fingerprint density at radius 3 is 2.85 bits per heavy atom. The third kappa shape index (κ3) is 0.947. The van der Waals surface area contributed by atoms with Crippen LogP contribution < -0.4 is 16.3 Å². The van der Waals surface area contributed by atoms with Crippen molar-refractivity contribution in [1.82, 2.24) is 9.55 Å². The molecule has 3 N–H and O–H groups in total. The van der Waals surface area contributed by atoms with Crippen LogP contribution in [0.25, 0.3) is 0 Å². The number of hydrogen-bond donors (Lipinski definition) is 2. The van der Waals surface area contributed by atoms with Crippen molar-refractivity contribution in [2.24, 2.45) is 17.8 Å². The van der Waals surface area contributed by atoms with Gasteiger partial charge in [0, 0.05) is 14.1 Å². The molecule has 0 bridgehead atoms. The van der Waals surface area contributed by atoms with Crippen LogP contribution >= 0.6 is 0 Å². The zero-order chi connectivity index (χ0) is 9.59. The van der Waals surface area contributed by atoms with Gasteiger partial charge in [0.05, 0.1) is 0 Å². The molecule has 0 saturated carbocycles. The molecule has 0 amide bonds. The molecular formula is C7H11N5O. The lowest BCUT2D eigenvalue weighted by molar-refractivity contribution is 0.800. The van der Waals surface area contributed by atoms with E-state index in [0.717, 1.165) is 5.82 Å². The molecule has 0 aromatic carbocycles. The number of nitrogens with two attached hydrogens (primary N) is 1. The van der Waals surface area contributed by atoms with Crippen LogP contribution in [0.2, 0.25) is 0 Å². The topological polar surface area (TPSA) is 79.4 Å². The molecule has 1 aliphatic rings. The van der Waals surface area contributed by atoms with Crippen LogP contribution in [0.3, 0.4) is 0 Å². The van der Waals surface area contributed by atoms with Crippen molar-refractivity contribution in [2.75, 3.05) is 18.6 Å². The van der Waals surface area contributed by atoms with E-state index >= 15 is 0 Å². The van der Waals surface area contributed by atoms with Crippen molar-refractivity contribution in [3.8, 4) is 0 Å². The zero-order valence-electron chi connectivity index (χ0n) is 7.53. The van der Waals surface area contributed by atoms with Gasteiger partial charge in [-0.25, -0.2) is 9.79 Å². The molecule has 1 aliphatic heterocycles. The van der Waals surface area contributed by atoms with Crippen molar-refractivity contribution in [1.29, 1.82) is 0 Å². The Kier molecular flexibility index (Phi) is 1.45. The summed E-state index contributed by atoms with van der Waals surface area (Å²) < 4.78 is 1.52. The molecule has 1 aromatic rings. The minimum absolute atomic E-state index is 0.170. The van der Waals surface area contributed by atoms with Gasteiger partial charge in [-0.05, 0) is 0 Å². The van der Waals surface area contributed by atoms with Crippen LogP contribution in [-0.4, -0.2) is 29.1 Å². The number of aromatic nitrogens is 2. The van der Waals surface area contributed by atoms with Gasteiger partial charge in [0.1, 0.15) is 24.0 Å². The van der Waals surface area contributed by atoms with Gasteiger partial charge < -0.3 is 15.6 Å². The first-order valence-corrected chi connectivity index (χ1v) is 3.91. The fraction of sp³-hybridized carbons (Fsp3) is 0.429. The van der Waals surface area contributed by atoms with Gasteiger partial charge in [0.25, 0.3) is 0 Å². The van der Waals surface area contributed by atoms with Crippen LogP contribution in [0.15, 0.2) is 9.79 Å². The molecule has 0 aliphatic carbocycles. The molecule has 70 valence electrons. The maximum absolute atomic E-state index is 11.3. The molecule has 0 fully saturated rings. The number of aliphatic imine (C=N–C) groups is 1. The number of aromatic amines is 1. The maximum Gasteiger partial charge on any atom is 0.327 e. The maximum atomic E-state index is 11.3. The van der Waals surface area contributed by atoms with E-state index in [1.54, 1.807) is 7.05 Å². The highest BCUT2D eigenvalue weighted by Gasteiger charge is 2.21. The number of H-pyrrole nitrogens is 1. The molecule has 6 nitrogen and oxygen atoms in total. The summed E-state index contributed by atoms with van der Waals surface area (Å²) in [6, 6.07) is 0. The Balaban J connectivity index is 2.73. The fourth-order valence-electron chi connectivity index (χ4n) is 1.46. The number of nitrogens with one attached hydrogen (secondary N) is 1. The predicted molar refractivity (Wildman–Crippen MR) is 50.0 cm³/mol. The van der Waals surface area contributed by atoms with Crippen LogP contribution in [0.4, 0.5) is 5.82 Å². The molecule has 0 unspecified atom stereocenters. The highest BCUT2D eigenvalue weighted by molar-refractivity contribution is 6.01. The minimum Gasteiger partial charge on any atom is -0.382 e. The molecule has 6 heteroatoms. The number of amidine groups is 1. The van der Waals surface area contributed by atoms with Crippen LogP contribution in [0.5, 0.6) is 0 Å². The van der Waals surface area contributed by atoms with Crippen molar-refractivity contribution < 1.29 is 0 Å².